The van der Waals surface area contributed by atoms with Crippen LogP contribution in [0, 0.1) is 5.92 Å². The second kappa shape index (κ2) is 6.12. The first-order chi connectivity index (χ1) is 9.83. The van der Waals surface area contributed by atoms with Gasteiger partial charge in [0, 0.05) is 11.7 Å². The van der Waals surface area contributed by atoms with Crippen LogP contribution in [-0.4, -0.2) is 16.0 Å². The highest BCUT2D eigenvalue weighted by atomic mass is 14.9. The summed E-state index contributed by atoms with van der Waals surface area (Å²) in [6, 6.07) is 9.17. The Labute approximate surface area is 120 Å². The Hall–Kier alpha value is -1.77. The molecule has 106 valence electrons. The highest BCUT2D eigenvalue weighted by Crippen LogP contribution is 2.28. The Morgan fingerprint density at radius 3 is 2.55 bits per heavy atom. The van der Waals surface area contributed by atoms with Crippen molar-refractivity contribution >= 4 is 5.69 Å². The Bertz CT molecular complexity index is 510. The summed E-state index contributed by atoms with van der Waals surface area (Å²) in [6.07, 6.45) is 10.5. The molecule has 0 bridgehead atoms. The van der Waals surface area contributed by atoms with E-state index in [2.05, 4.69) is 46.5 Å². The zero-order chi connectivity index (χ0) is 13.8. The molecule has 3 heteroatoms. The molecule has 1 unspecified atom stereocenters. The maximum atomic E-state index is 4.06. The molecule has 1 fully saturated rings. The van der Waals surface area contributed by atoms with E-state index in [-0.39, 0.29) is 0 Å². The second-order valence-electron chi connectivity index (χ2n) is 5.87. The molecular weight excluding hydrogens is 246 g/mol. The summed E-state index contributed by atoms with van der Waals surface area (Å²) in [5.41, 5.74) is 3.46. The number of aromatic amines is 1. The van der Waals surface area contributed by atoms with Gasteiger partial charge in [0.15, 0.2) is 0 Å². The summed E-state index contributed by atoms with van der Waals surface area (Å²) in [6.45, 7) is 2.32. The number of nitrogens with zero attached hydrogens (tertiary/aromatic N) is 1. The Kier molecular flexibility index (Phi) is 4.05. The van der Waals surface area contributed by atoms with Crippen LogP contribution in [0.2, 0.25) is 0 Å². The van der Waals surface area contributed by atoms with Gasteiger partial charge in [0.05, 0.1) is 18.2 Å². The number of H-pyrrole nitrogens is 1. The lowest BCUT2D eigenvalue weighted by atomic mass is 9.84. The standard InChI is InChI=1S/C17H23N3/c1-13(14-5-3-2-4-6-14)20-16-9-7-15(8-10-16)17-11-18-12-19-17/h7-14,20H,2-6H2,1H3,(H,18,19). The third-order valence-corrected chi connectivity index (χ3v) is 4.45. The number of hydrogen-bond acceptors (Lipinski definition) is 2. The lowest BCUT2D eigenvalue weighted by molar-refractivity contribution is 0.328. The van der Waals surface area contributed by atoms with Gasteiger partial charge >= 0.3 is 0 Å². The van der Waals surface area contributed by atoms with Gasteiger partial charge in [0.25, 0.3) is 0 Å². The fraction of sp³-hybridized carbons (Fsp3) is 0.471. The Balaban J connectivity index is 1.63. The molecule has 1 saturated carbocycles. The quantitative estimate of drug-likeness (QED) is 0.860. The highest BCUT2D eigenvalue weighted by molar-refractivity contribution is 5.62. The van der Waals surface area contributed by atoms with Crippen molar-refractivity contribution in [3.63, 3.8) is 0 Å². The molecule has 1 aromatic heterocycles. The van der Waals surface area contributed by atoms with Gasteiger partial charge in [-0.1, -0.05) is 31.4 Å². The van der Waals surface area contributed by atoms with E-state index < -0.39 is 0 Å². The molecule has 1 aliphatic rings. The third-order valence-electron chi connectivity index (χ3n) is 4.45. The molecule has 2 aromatic rings. The summed E-state index contributed by atoms with van der Waals surface area (Å²) in [5.74, 6) is 0.830. The molecule has 3 nitrogen and oxygen atoms in total. The zero-order valence-corrected chi connectivity index (χ0v) is 12.1. The van der Waals surface area contributed by atoms with Crippen molar-refractivity contribution in [3.8, 4) is 11.3 Å². The van der Waals surface area contributed by atoms with Crippen LogP contribution >= 0.6 is 0 Å². The van der Waals surface area contributed by atoms with Crippen LogP contribution < -0.4 is 5.32 Å². The number of anilines is 1. The maximum absolute atomic E-state index is 4.06. The van der Waals surface area contributed by atoms with E-state index in [1.807, 2.05) is 6.20 Å². The largest absolute Gasteiger partial charge is 0.382 e. The van der Waals surface area contributed by atoms with Crippen molar-refractivity contribution in [1.82, 2.24) is 9.97 Å². The smallest absolute Gasteiger partial charge is 0.0924 e. The molecule has 3 rings (SSSR count). The van der Waals surface area contributed by atoms with Gasteiger partial charge in [0.2, 0.25) is 0 Å². The van der Waals surface area contributed by atoms with Crippen LogP contribution in [0.15, 0.2) is 36.8 Å². The lowest BCUT2D eigenvalue weighted by Gasteiger charge is -2.29. The first-order valence-corrected chi connectivity index (χ1v) is 7.68. The number of benzene rings is 1. The van der Waals surface area contributed by atoms with Gasteiger partial charge in [-0.25, -0.2) is 4.98 Å². The topological polar surface area (TPSA) is 40.7 Å². The molecule has 0 amide bonds. The number of nitrogens with one attached hydrogen (secondary N) is 2. The van der Waals surface area contributed by atoms with Gasteiger partial charge in [-0.3, -0.25) is 0 Å². The summed E-state index contributed by atoms with van der Waals surface area (Å²) in [5, 5.41) is 3.66. The molecule has 1 heterocycles. The van der Waals surface area contributed by atoms with E-state index in [1.54, 1.807) is 6.33 Å². The van der Waals surface area contributed by atoms with E-state index in [1.165, 1.54) is 43.4 Å². The molecule has 1 aliphatic carbocycles. The fourth-order valence-corrected chi connectivity index (χ4v) is 3.17. The molecule has 0 spiro atoms. The van der Waals surface area contributed by atoms with Crippen LogP contribution in [0.25, 0.3) is 11.3 Å². The molecule has 0 radical (unpaired) electrons. The van der Waals surface area contributed by atoms with E-state index in [4.69, 9.17) is 0 Å². The van der Waals surface area contributed by atoms with E-state index >= 15 is 0 Å². The maximum Gasteiger partial charge on any atom is 0.0924 e. The molecule has 20 heavy (non-hydrogen) atoms. The Morgan fingerprint density at radius 2 is 1.90 bits per heavy atom. The lowest BCUT2D eigenvalue weighted by Crippen LogP contribution is -2.27. The number of aromatic nitrogens is 2. The zero-order valence-electron chi connectivity index (χ0n) is 12.1. The van der Waals surface area contributed by atoms with Crippen molar-refractivity contribution < 1.29 is 0 Å². The summed E-state index contributed by atoms with van der Waals surface area (Å²) >= 11 is 0. The Morgan fingerprint density at radius 1 is 1.15 bits per heavy atom. The van der Waals surface area contributed by atoms with Crippen LogP contribution in [0.1, 0.15) is 39.0 Å². The number of hydrogen-bond donors (Lipinski definition) is 2. The number of imidazole rings is 1. The SMILES string of the molecule is CC(Nc1ccc(-c2cnc[nH]2)cc1)C1CCCCC1. The second-order valence-corrected chi connectivity index (χ2v) is 5.87. The van der Waals surface area contributed by atoms with Gasteiger partial charge in [-0.05, 0) is 43.4 Å². The molecule has 1 atom stereocenters. The van der Waals surface area contributed by atoms with Gasteiger partial charge in [-0.15, -0.1) is 0 Å². The predicted octanol–water partition coefficient (Wildman–Crippen LogP) is 4.46. The monoisotopic (exact) mass is 269 g/mol. The molecular formula is C17H23N3. The number of rotatable bonds is 4. The van der Waals surface area contributed by atoms with E-state index in [0.29, 0.717) is 6.04 Å². The molecule has 2 N–H and O–H groups in total. The normalized spacial score (nSPS) is 17.9. The first-order valence-electron chi connectivity index (χ1n) is 7.68. The van der Waals surface area contributed by atoms with Crippen molar-refractivity contribution in [2.75, 3.05) is 5.32 Å². The van der Waals surface area contributed by atoms with Crippen LogP contribution in [-0.2, 0) is 0 Å². The van der Waals surface area contributed by atoms with Crippen LogP contribution in [0.5, 0.6) is 0 Å². The molecule has 0 aliphatic heterocycles. The highest BCUT2D eigenvalue weighted by Gasteiger charge is 2.19. The van der Waals surface area contributed by atoms with Crippen molar-refractivity contribution in [3.05, 3.63) is 36.8 Å². The predicted molar refractivity (Wildman–Crippen MR) is 83.7 cm³/mol. The minimum Gasteiger partial charge on any atom is -0.382 e. The van der Waals surface area contributed by atoms with Gasteiger partial charge in [-0.2, -0.15) is 0 Å². The summed E-state index contributed by atoms with van der Waals surface area (Å²) in [4.78, 5) is 7.19. The average molecular weight is 269 g/mol. The average Bonchev–Trinajstić information content (AvgIpc) is 3.03. The first kappa shape index (κ1) is 13.2. The van der Waals surface area contributed by atoms with Crippen molar-refractivity contribution in [2.45, 2.75) is 45.1 Å². The minimum atomic E-state index is 0.563. The van der Waals surface area contributed by atoms with Gasteiger partial charge in [0.1, 0.15) is 0 Å². The van der Waals surface area contributed by atoms with Crippen LogP contribution in [0.3, 0.4) is 0 Å². The van der Waals surface area contributed by atoms with Crippen molar-refractivity contribution in [2.24, 2.45) is 5.92 Å². The molecule has 0 saturated heterocycles. The van der Waals surface area contributed by atoms with Crippen molar-refractivity contribution in [1.29, 1.82) is 0 Å². The van der Waals surface area contributed by atoms with E-state index in [0.717, 1.165) is 11.6 Å². The van der Waals surface area contributed by atoms with Crippen LogP contribution in [0.4, 0.5) is 5.69 Å². The van der Waals surface area contributed by atoms with Gasteiger partial charge < -0.3 is 10.3 Å². The third kappa shape index (κ3) is 3.03. The summed E-state index contributed by atoms with van der Waals surface area (Å²) < 4.78 is 0. The minimum absolute atomic E-state index is 0.563. The summed E-state index contributed by atoms with van der Waals surface area (Å²) in [7, 11) is 0. The van der Waals surface area contributed by atoms with E-state index in [9.17, 15) is 0 Å². The fourth-order valence-electron chi connectivity index (χ4n) is 3.17. The molecule has 1 aromatic carbocycles.